The van der Waals surface area contributed by atoms with Crippen LogP contribution in [0.2, 0.25) is 5.02 Å². The molecule has 1 heterocycles. The van der Waals surface area contributed by atoms with E-state index in [1.807, 2.05) is 32.0 Å². The van der Waals surface area contributed by atoms with Gasteiger partial charge in [0.05, 0.1) is 5.69 Å². The van der Waals surface area contributed by atoms with E-state index < -0.39 is 6.04 Å². The molecule has 0 spiro atoms. The maximum absolute atomic E-state index is 11.8. The molecule has 19 heavy (non-hydrogen) atoms. The molecule has 0 bridgehead atoms. The largest absolute Gasteiger partial charge is 0.323 e. The number of aryl methyl sites for hydroxylation is 1. The van der Waals surface area contributed by atoms with Gasteiger partial charge in [-0.3, -0.25) is 4.79 Å². The fraction of sp³-hybridized carbons (Fsp3) is 0.286. The molecule has 0 saturated carbocycles. The van der Waals surface area contributed by atoms with Crippen LogP contribution in [0.1, 0.15) is 29.9 Å². The summed E-state index contributed by atoms with van der Waals surface area (Å²) in [6, 6.07) is 6.74. The van der Waals surface area contributed by atoms with Crippen molar-refractivity contribution in [3.05, 3.63) is 56.5 Å². The molecule has 2 N–H and O–H groups in total. The first kappa shape index (κ1) is 13.8. The highest BCUT2D eigenvalue weighted by Gasteiger charge is 2.12. The van der Waals surface area contributed by atoms with Crippen LogP contribution in [-0.2, 0) is 0 Å². The molecule has 1 aromatic heterocycles. The average molecular weight is 278 g/mol. The van der Waals surface area contributed by atoms with Gasteiger partial charge in [-0.2, -0.15) is 5.10 Å². The summed E-state index contributed by atoms with van der Waals surface area (Å²) in [4.78, 5) is 11.8. The van der Waals surface area contributed by atoms with Crippen LogP contribution < -0.4 is 11.2 Å². The molecule has 100 valence electrons. The molecule has 0 fully saturated rings. The van der Waals surface area contributed by atoms with Gasteiger partial charge in [-0.25, -0.2) is 4.68 Å². The maximum Gasteiger partial charge on any atom is 0.205 e. The molecule has 0 aliphatic heterocycles. The van der Waals surface area contributed by atoms with Crippen molar-refractivity contribution in [1.82, 2.24) is 9.78 Å². The van der Waals surface area contributed by atoms with Crippen molar-refractivity contribution in [3.8, 4) is 5.69 Å². The molecule has 2 rings (SSSR count). The van der Waals surface area contributed by atoms with Crippen LogP contribution in [0.3, 0.4) is 0 Å². The normalized spacial score (nSPS) is 12.5. The summed E-state index contributed by atoms with van der Waals surface area (Å²) >= 11 is 6.12. The van der Waals surface area contributed by atoms with Gasteiger partial charge in [0.15, 0.2) is 0 Å². The second-order valence-electron chi connectivity index (χ2n) is 4.62. The molecule has 4 nitrogen and oxygen atoms in total. The Balaban J connectivity index is 2.72. The van der Waals surface area contributed by atoms with Crippen molar-refractivity contribution in [2.75, 3.05) is 0 Å². The monoisotopic (exact) mass is 277 g/mol. The third-order valence-electron chi connectivity index (χ3n) is 3.03. The van der Waals surface area contributed by atoms with Gasteiger partial charge >= 0.3 is 0 Å². The second-order valence-corrected chi connectivity index (χ2v) is 5.03. The van der Waals surface area contributed by atoms with Crippen LogP contribution in [0, 0.1) is 13.8 Å². The summed E-state index contributed by atoms with van der Waals surface area (Å²) in [5.74, 6) is 0. The van der Waals surface area contributed by atoms with E-state index in [0.717, 1.165) is 16.9 Å². The van der Waals surface area contributed by atoms with Crippen molar-refractivity contribution in [2.45, 2.75) is 26.8 Å². The first-order valence-corrected chi connectivity index (χ1v) is 6.41. The summed E-state index contributed by atoms with van der Waals surface area (Å²) in [5, 5.41) is 5.03. The van der Waals surface area contributed by atoms with Gasteiger partial charge in [0.2, 0.25) is 5.43 Å². The van der Waals surface area contributed by atoms with E-state index in [4.69, 9.17) is 17.3 Å². The number of aromatic nitrogens is 2. The first-order valence-electron chi connectivity index (χ1n) is 6.03. The van der Waals surface area contributed by atoms with Gasteiger partial charge in [-0.15, -0.1) is 0 Å². The van der Waals surface area contributed by atoms with Crippen LogP contribution in [-0.4, -0.2) is 9.78 Å². The second kappa shape index (κ2) is 5.15. The summed E-state index contributed by atoms with van der Waals surface area (Å²) < 4.78 is 1.71. The molecule has 1 aromatic carbocycles. The summed E-state index contributed by atoms with van der Waals surface area (Å²) in [6.07, 6.45) is 0. The minimum absolute atomic E-state index is 0.136. The van der Waals surface area contributed by atoms with Crippen molar-refractivity contribution in [2.24, 2.45) is 5.73 Å². The maximum atomic E-state index is 11.8. The van der Waals surface area contributed by atoms with Crippen molar-refractivity contribution in [3.63, 3.8) is 0 Å². The van der Waals surface area contributed by atoms with E-state index in [9.17, 15) is 4.79 Å². The van der Waals surface area contributed by atoms with Gasteiger partial charge < -0.3 is 5.73 Å². The van der Waals surface area contributed by atoms with E-state index in [1.165, 1.54) is 0 Å². The predicted octanol–water partition coefficient (Wildman–Crippen LogP) is 2.52. The Bertz CT molecular complexity index is 677. The van der Waals surface area contributed by atoms with Gasteiger partial charge in [0.25, 0.3) is 0 Å². The van der Waals surface area contributed by atoms with Crippen molar-refractivity contribution in [1.29, 1.82) is 0 Å². The van der Waals surface area contributed by atoms with E-state index >= 15 is 0 Å². The third-order valence-corrected chi connectivity index (χ3v) is 3.44. The highest BCUT2D eigenvalue weighted by Crippen LogP contribution is 2.22. The summed E-state index contributed by atoms with van der Waals surface area (Å²) in [7, 11) is 0. The Kier molecular flexibility index (Phi) is 3.73. The fourth-order valence-corrected chi connectivity index (χ4v) is 2.12. The summed E-state index contributed by atoms with van der Waals surface area (Å²) in [5.41, 5.74) is 8.51. The zero-order valence-corrected chi connectivity index (χ0v) is 11.9. The lowest BCUT2D eigenvalue weighted by molar-refractivity contribution is 0.685. The highest BCUT2D eigenvalue weighted by molar-refractivity contribution is 6.31. The lowest BCUT2D eigenvalue weighted by Crippen LogP contribution is -2.24. The number of rotatable bonds is 2. The molecule has 5 heteroatoms. The topological polar surface area (TPSA) is 60.9 Å². The molecule has 0 radical (unpaired) electrons. The Morgan fingerprint density at radius 1 is 1.37 bits per heavy atom. The molecule has 1 unspecified atom stereocenters. The molecule has 2 aromatic rings. The number of nitrogens with zero attached hydrogens (tertiary/aromatic N) is 2. The number of hydrogen-bond acceptors (Lipinski definition) is 3. The molecular weight excluding hydrogens is 262 g/mol. The lowest BCUT2D eigenvalue weighted by atomic mass is 10.2. The van der Waals surface area contributed by atoms with Crippen LogP contribution in [0.4, 0.5) is 0 Å². The van der Waals surface area contributed by atoms with Crippen molar-refractivity contribution >= 4 is 11.6 Å². The molecule has 0 saturated heterocycles. The minimum atomic E-state index is -0.404. The SMILES string of the molecule is Cc1c(Cl)cccc1-n1nc(C(C)N)c(=O)cc1C. The van der Waals surface area contributed by atoms with Crippen LogP contribution in [0.25, 0.3) is 5.69 Å². The fourth-order valence-electron chi connectivity index (χ4n) is 1.95. The van der Waals surface area contributed by atoms with Gasteiger partial charge in [0.1, 0.15) is 5.69 Å². The Morgan fingerprint density at radius 2 is 2.05 bits per heavy atom. The molecule has 1 atom stereocenters. The predicted molar refractivity (Wildman–Crippen MR) is 76.9 cm³/mol. The Hall–Kier alpha value is -1.65. The molecular formula is C14H16ClN3O. The minimum Gasteiger partial charge on any atom is -0.323 e. The zero-order valence-electron chi connectivity index (χ0n) is 11.1. The molecule has 0 aliphatic carbocycles. The molecule has 0 amide bonds. The van der Waals surface area contributed by atoms with Crippen molar-refractivity contribution < 1.29 is 0 Å². The van der Waals surface area contributed by atoms with E-state index in [2.05, 4.69) is 5.10 Å². The Morgan fingerprint density at radius 3 is 2.68 bits per heavy atom. The average Bonchev–Trinajstić information content (AvgIpc) is 2.33. The lowest BCUT2D eigenvalue weighted by Gasteiger charge is -2.15. The first-order chi connectivity index (χ1) is 8.91. The zero-order chi connectivity index (χ0) is 14.2. The van der Waals surface area contributed by atoms with Crippen LogP contribution in [0.5, 0.6) is 0 Å². The van der Waals surface area contributed by atoms with Gasteiger partial charge in [-0.05, 0) is 38.5 Å². The number of nitrogens with two attached hydrogens (primary N) is 1. The van der Waals surface area contributed by atoms with E-state index in [0.29, 0.717) is 10.7 Å². The number of benzene rings is 1. The van der Waals surface area contributed by atoms with E-state index in [-0.39, 0.29) is 5.43 Å². The quantitative estimate of drug-likeness (QED) is 0.917. The number of halogens is 1. The van der Waals surface area contributed by atoms with Gasteiger partial charge in [0, 0.05) is 22.8 Å². The number of hydrogen-bond donors (Lipinski definition) is 1. The summed E-state index contributed by atoms with van der Waals surface area (Å²) in [6.45, 7) is 5.50. The van der Waals surface area contributed by atoms with Gasteiger partial charge in [-0.1, -0.05) is 17.7 Å². The highest BCUT2D eigenvalue weighted by atomic mass is 35.5. The molecule has 0 aliphatic rings. The van der Waals surface area contributed by atoms with E-state index in [1.54, 1.807) is 17.7 Å². The smallest absolute Gasteiger partial charge is 0.205 e. The third kappa shape index (κ3) is 2.55. The van der Waals surface area contributed by atoms with Crippen LogP contribution >= 0.6 is 11.6 Å². The Labute approximate surface area is 116 Å². The standard InChI is InChI=1S/C14H16ClN3O/c1-8-7-13(19)14(10(3)16)17-18(8)12-6-4-5-11(15)9(12)2/h4-7,10H,16H2,1-3H3. The van der Waals surface area contributed by atoms with Crippen LogP contribution in [0.15, 0.2) is 29.1 Å².